The van der Waals surface area contributed by atoms with Crippen molar-refractivity contribution in [2.45, 2.75) is 25.0 Å². The molecule has 1 saturated heterocycles. The molecular formula is C16H17BrN2O4. The second-order valence-corrected chi connectivity index (χ2v) is 6.63. The number of methoxy groups -OCH3 is 1. The first kappa shape index (κ1) is 16.0. The number of ether oxygens (including phenoxy) is 1. The Bertz CT molecular complexity index is 758. The number of hydrogen-bond acceptors (Lipinski definition) is 3. The van der Waals surface area contributed by atoms with E-state index >= 15 is 0 Å². The number of carboxylic acids is 1. The first-order valence-electron chi connectivity index (χ1n) is 7.31. The second kappa shape index (κ2) is 6.33. The number of carboxylic acid groups (broad SMARTS) is 1. The molecule has 7 heteroatoms. The molecule has 0 aliphatic carbocycles. The third-order valence-corrected chi connectivity index (χ3v) is 4.69. The number of benzene rings is 1. The highest BCUT2D eigenvalue weighted by Crippen LogP contribution is 2.26. The van der Waals surface area contributed by atoms with E-state index in [1.54, 1.807) is 18.1 Å². The number of H-pyrrole nitrogens is 1. The minimum atomic E-state index is -0.912. The number of carbonyl (C=O) groups excluding carboxylic acids is 1. The highest BCUT2D eigenvalue weighted by Gasteiger charge is 2.37. The summed E-state index contributed by atoms with van der Waals surface area (Å²) >= 11 is 3.40. The van der Waals surface area contributed by atoms with E-state index in [0.29, 0.717) is 18.7 Å². The van der Waals surface area contributed by atoms with Gasteiger partial charge in [-0.3, -0.25) is 9.59 Å². The van der Waals surface area contributed by atoms with E-state index in [1.807, 2.05) is 18.2 Å². The van der Waals surface area contributed by atoms with Crippen LogP contribution < -0.4 is 0 Å². The second-order valence-electron chi connectivity index (χ2n) is 5.72. The molecule has 1 aromatic carbocycles. The number of carbonyl (C=O) groups is 2. The van der Waals surface area contributed by atoms with Gasteiger partial charge in [-0.1, -0.05) is 22.0 Å². The molecule has 3 rings (SSSR count). The van der Waals surface area contributed by atoms with E-state index < -0.39 is 5.97 Å². The molecule has 1 fully saturated rings. The summed E-state index contributed by atoms with van der Waals surface area (Å²) in [5.74, 6) is -1.10. The minimum Gasteiger partial charge on any atom is -0.481 e. The van der Waals surface area contributed by atoms with Gasteiger partial charge in [0.2, 0.25) is 0 Å². The van der Waals surface area contributed by atoms with Crippen LogP contribution in [0, 0.1) is 0 Å². The van der Waals surface area contributed by atoms with Crippen molar-refractivity contribution >= 4 is 38.7 Å². The molecule has 1 aliphatic rings. The number of halogens is 1. The summed E-state index contributed by atoms with van der Waals surface area (Å²) in [4.78, 5) is 28.5. The quantitative estimate of drug-likeness (QED) is 0.853. The number of fused-ring (bicyclic) bond motifs is 1. The lowest BCUT2D eigenvalue weighted by Gasteiger charge is -2.22. The van der Waals surface area contributed by atoms with Crippen molar-refractivity contribution in [3.05, 3.63) is 34.4 Å². The number of likely N-dealkylation sites (tertiary alicyclic amines) is 1. The van der Waals surface area contributed by atoms with Crippen molar-refractivity contribution in [1.29, 1.82) is 0 Å². The molecule has 0 bridgehead atoms. The summed E-state index contributed by atoms with van der Waals surface area (Å²) in [6.07, 6.45) is 0.347. The number of amides is 1. The van der Waals surface area contributed by atoms with Gasteiger partial charge in [-0.2, -0.15) is 0 Å². The van der Waals surface area contributed by atoms with Crippen LogP contribution in [-0.4, -0.2) is 52.7 Å². The number of nitrogens with zero attached hydrogens (tertiary/aromatic N) is 1. The summed E-state index contributed by atoms with van der Waals surface area (Å²) in [7, 11) is 1.58. The number of aromatic nitrogens is 1. The molecule has 1 amide bonds. The summed E-state index contributed by atoms with van der Waals surface area (Å²) < 4.78 is 6.24. The van der Waals surface area contributed by atoms with E-state index in [9.17, 15) is 9.59 Å². The SMILES string of the molecule is COC1CC(CC(=O)O)N(C(=O)c2cc3ccc(Br)cc3[nH]2)C1. The lowest BCUT2D eigenvalue weighted by atomic mass is 10.1. The molecular weight excluding hydrogens is 364 g/mol. The van der Waals surface area contributed by atoms with Gasteiger partial charge in [0.25, 0.3) is 5.91 Å². The number of aliphatic carboxylic acids is 1. The Kier molecular flexibility index (Phi) is 4.41. The third-order valence-electron chi connectivity index (χ3n) is 4.20. The normalized spacial score (nSPS) is 21.0. The molecule has 1 aromatic heterocycles. The predicted molar refractivity (Wildman–Crippen MR) is 88.5 cm³/mol. The number of hydrogen-bond donors (Lipinski definition) is 2. The van der Waals surface area contributed by atoms with E-state index in [0.717, 1.165) is 15.4 Å². The van der Waals surface area contributed by atoms with Gasteiger partial charge in [0.05, 0.1) is 12.5 Å². The van der Waals surface area contributed by atoms with Gasteiger partial charge in [0.1, 0.15) is 5.69 Å². The Morgan fingerprint density at radius 2 is 2.22 bits per heavy atom. The van der Waals surface area contributed by atoms with Gasteiger partial charge in [-0.25, -0.2) is 0 Å². The number of rotatable bonds is 4. The molecule has 2 aromatic rings. The average molecular weight is 381 g/mol. The van der Waals surface area contributed by atoms with Crippen LogP contribution in [0.15, 0.2) is 28.7 Å². The molecule has 2 atom stereocenters. The largest absolute Gasteiger partial charge is 0.481 e. The minimum absolute atomic E-state index is 0.0720. The molecule has 0 radical (unpaired) electrons. The highest BCUT2D eigenvalue weighted by atomic mass is 79.9. The first-order chi connectivity index (χ1) is 11.0. The van der Waals surface area contributed by atoms with Crippen LogP contribution in [0.4, 0.5) is 0 Å². The maximum atomic E-state index is 12.8. The third kappa shape index (κ3) is 3.25. The zero-order valence-electron chi connectivity index (χ0n) is 12.6. The average Bonchev–Trinajstić information content (AvgIpc) is 3.09. The summed E-state index contributed by atoms with van der Waals surface area (Å²) in [5, 5.41) is 9.99. The number of aromatic amines is 1. The Morgan fingerprint density at radius 1 is 1.43 bits per heavy atom. The summed E-state index contributed by atoms with van der Waals surface area (Å²) in [5.41, 5.74) is 1.32. The standard InChI is InChI=1S/C16H17BrN2O4/c1-23-12-6-11(7-15(20)21)19(8-12)16(22)14-4-9-2-3-10(17)5-13(9)18-14/h2-5,11-12,18H,6-8H2,1H3,(H,20,21). The smallest absolute Gasteiger partial charge is 0.305 e. The topological polar surface area (TPSA) is 82.6 Å². The summed E-state index contributed by atoms with van der Waals surface area (Å²) in [6, 6.07) is 7.19. The van der Waals surface area contributed by atoms with Gasteiger partial charge in [-0.15, -0.1) is 0 Å². The van der Waals surface area contributed by atoms with Gasteiger partial charge < -0.3 is 19.7 Å². The summed E-state index contributed by atoms with van der Waals surface area (Å²) in [6.45, 7) is 0.409. The van der Waals surface area contributed by atoms with Crippen LogP contribution in [0.3, 0.4) is 0 Å². The lowest BCUT2D eigenvalue weighted by Crippen LogP contribution is -2.37. The van der Waals surface area contributed by atoms with Gasteiger partial charge in [0, 0.05) is 35.1 Å². The molecule has 0 saturated carbocycles. The molecule has 2 unspecified atom stereocenters. The van der Waals surface area contributed by atoms with Crippen molar-refractivity contribution < 1.29 is 19.4 Å². The fourth-order valence-corrected chi connectivity index (χ4v) is 3.42. The molecule has 6 nitrogen and oxygen atoms in total. The van der Waals surface area contributed by atoms with Crippen molar-refractivity contribution in [2.75, 3.05) is 13.7 Å². The molecule has 1 aliphatic heterocycles. The molecule has 2 heterocycles. The van der Waals surface area contributed by atoms with Crippen LogP contribution in [0.5, 0.6) is 0 Å². The van der Waals surface area contributed by atoms with E-state index in [4.69, 9.17) is 9.84 Å². The Balaban J connectivity index is 1.88. The zero-order chi connectivity index (χ0) is 16.6. The van der Waals surface area contributed by atoms with Gasteiger partial charge in [-0.05, 0) is 24.6 Å². The van der Waals surface area contributed by atoms with Crippen LogP contribution in [0.1, 0.15) is 23.3 Å². The van der Waals surface area contributed by atoms with Crippen molar-refractivity contribution in [3.8, 4) is 0 Å². The van der Waals surface area contributed by atoms with E-state index in [1.165, 1.54) is 0 Å². The molecule has 0 spiro atoms. The Labute approximate surface area is 141 Å². The zero-order valence-corrected chi connectivity index (χ0v) is 14.2. The maximum Gasteiger partial charge on any atom is 0.305 e. The highest BCUT2D eigenvalue weighted by molar-refractivity contribution is 9.10. The monoisotopic (exact) mass is 380 g/mol. The van der Waals surface area contributed by atoms with Crippen molar-refractivity contribution in [2.24, 2.45) is 0 Å². The predicted octanol–water partition coefficient (Wildman–Crippen LogP) is 2.63. The van der Waals surface area contributed by atoms with Gasteiger partial charge >= 0.3 is 5.97 Å². The van der Waals surface area contributed by atoms with Crippen LogP contribution in [-0.2, 0) is 9.53 Å². The maximum absolute atomic E-state index is 12.8. The van der Waals surface area contributed by atoms with Crippen molar-refractivity contribution in [3.63, 3.8) is 0 Å². The lowest BCUT2D eigenvalue weighted by molar-refractivity contribution is -0.138. The van der Waals surface area contributed by atoms with Crippen LogP contribution >= 0.6 is 15.9 Å². The van der Waals surface area contributed by atoms with Gasteiger partial charge in [0.15, 0.2) is 0 Å². The van der Waals surface area contributed by atoms with Crippen molar-refractivity contribution in [1.82, 2.24) is 9.88 Å². The molecule has 23 heavy (non-hydrogen) atoms. The Hall–Kier alpha value is -1.86. The van der Waals surface area contributed by atoms with E-state index in [-0.39, 0.29) is 24.5 Å². The fraction of sp³-hybridized carbons (Fsp3) is 0.375. The first-order valence-corrected chi connectivity index (χ1v) is 8.11. The number of nitrogens with one attached hydrogen (secondary N) is 1. The molecule has 2 N–H and O–H groups in total. The fourth-order valence-electron chi connectivity index (χ4n) is 3.06. The van der Waals surface area contributed by atoms with E-state index in [2.05, 4.69) is 20.9 Å². The molecule has 122 valence electrons. The Morgan fingerprint density at radius 3 is 2.91 bits per heavy atom. The van der Waals surface area contributed by atoms with Crippen LogP contribution in [0.2, 0.25) is 0 Å². The van der Waals surface area contributed by atoms with Crippen LogP contribution in [0.25, 0.3) is 10.9 Å².